The number of nitrogens with zero attached hydrogens (tertiary/aromatic N) is 1. The highest BCUT2D eigenvalue weighted by atomic mass is 16.4. The molecule has 7 nitrogen and oxygen atoms in total. The molecule has 1 heterocycles. The van der Waals surface area contributed by atoms with Crippen LogP contribution in [0.2, 0.25) is 0 Å². The number of rotatable bonds is 12. The van der Waals surface area contributed by atoms with E-state index in [2.05, 4.69) is 92.1 Å². The van der Waals surface area contributed by atoms with Gasteiger partial charge in [0.05, 0.1) is 0 Å². The van der Waals surface area contributed by atoms with Crippen LogP contribution in [-0.2, 0) is 24.1 Å². The van der Waals surface area contributed by atoms with Crippen LogP contribution in [-0.4, -0.2) is 55.9 Å². The van der Waals surface area contributed by atoms with Crippen LogP contribution in [0.25, 0.3) is 0 Å². The monoisotopic (exact) mass is 513 g/mol. The Hall–Kier alpha value is -2.45. The fourth-order valence-electron chi connectivity index (χ4n) is 3.93. The van der Waals surface area contributed by atoms with E-state index in [9.17, 15) is 4.79 Å². The number of benzene rings is 2. The van der Waals surface area contributed by atoms with Crippen molar-refractivity contribution in [3.05, 3.63) is 65.2 Å². The first-order valence-electron chi connectivity index (χ1n) is 13.9. The molecular weight excluding hydrogens is 462 g/mol. The minimum Gasteiger partial charge on any atom is -0.480 e. The molecule has 2 aromatic rings. The van der Waals surface area contributed by atoms with Crippen molar-refractivity contribution in [1.29, 1.82) is 0 Å². The number of hydrogen-bond acceptors (Lipinski definition) is 6. The lowest BCUT2D eigenvalue weighted by Crippen LogP contribution is -2.32. The summed E-state index contributed by atoms with van der Waals surface area (Å²) >= 11 is 0. The average Bonchev–Trinajstić information content (AvgIpc) is 3.43. The zero-order valence-electron chi connectivity index (χ0n) is 23.7. The average molecular weight is 514 g/mol. The summed E-state index contributed by atoms with van der Waals surface area (Å²) in [5, 5.41) is 11.9. The second-order valence-corrected chi connectivity index (χ2v) is 9.60. The smallest absolute Gasteiger partial charge is 0.320 e. The van der Waals surface area contributed by atoms with Crippen LogP contribution in [0.3, 0.4) is 0 Å². The van der Waals surface area contributed by atoms with Crippen molar-refractivity contribution in [2.24, 2.45) is 5.73 Å². The number of hydrazine groups is 1. The molecule has 0 spiro atoms. The van der Waals surface area contributed by atoms with Gasteiger partial charge in [-0.3, -0.25) is 15.6 Å². The lowest BCUT2D eigenvalue weighted by Gasteiger charge is -2.18. The Balaban J connectivity index is 0.000000309. The number of carboxylic acids is 1. The zero-order valence-corrected chi connectivity index (χ0v) is 23.7. The quantitative estimate of drug-likeness (QED) is 0.215. The second kappa shape index (κ2) is 19.6. The number of aliphatic carboxylic acids is 1. The predicted molar refractivity (Wildman–Crippen MR) is 157 cm³/mol. The summed E-state index contributed by atoms with van der Waals surface area (Å²) in [6, 6.07) is 16.7. The largest absolute Gasteiger partial charge is 0.480 e. The summed E-state index contributed by atoms with van der Waals surface area (Å²) in [7, 11) is 0. The molecule has 0 bridgehead atoms. The van der Waals surface area contributed by atoms with Gasteiger partial charge < -0.3 is 21.1 Å². The van der Waals surface area contributed by atoms with E-state index in [0.29, 0.717) is 12.5 Å². The Labute approximate surface area is 225 Å². The molecule has 0 aliphatic carbocycles. The number of anilines is 1. The SMILES string of the molecule is CCNC(C)C.CCNNCCc1ccc(CC)cc1.N[C@@H](Cc1ccc(N2CCCC2)cc1)C(=O)O. The fraction of sp³-hybridized carbons (Fsp3) is 0.567. The van der Waals surface area contributed by atoms with Crippen molar-refractivity contribution in [3.63, 3.8) is 0 Å². The van der Waals surface area contributed by atoms with Crippen molar-refractivity contribution >= 4 is 11.7 Å². The second-order valence-electron chi connectivity index (χ2n) is 9.60. The molecule has 0 amide bonds. The molecule has 2 aromatic carbocycles. The molecule has 37 heavy (non-hydrogen) atoms. The Morgan fingerprint density at radius 2 is 1.46 bits per heavy atom. The van der Waals surface area contributed by atoms with Gasteiger partial charge in [0.25, 0.3) is 0 Å². The van der Waals surface area contributed by atoms with E-state index in [0.717, 1.165) is 51.1 Å². The lowest BCUT2D eigenvalue weighted by atomic mass is 10.1. The van der Waals surface area contributed by atoms with Gasteiger partial charge in [-0.05, 0) is 67.5 Å². The number of aryl methyl sites for hydroxylation is 1. The van der Waals surface area contributed by atoms with Gasteiger partial charge >= 0.3 is 5.97 Å². The maximum absolute atomic E-state index is 10.6. The number of nitrogens with one attached hydrogen (secondary N) is 3. The molecule has 208 valence electrons. The van der Waals surface area contributed by atoms with Crippen LogP contribution in [0, 0.1) is 0 Å². The van der Waals surface area contributed by atoms with E-state index < -0.39 is 12.0 Å². The van der Waals surface area contributed by atoms with Gasteiger partial charge in [0.1, 0.15) is 6.04 Å². The minimum atomic E-state index is -0.950. The first-order valence-corrected chi connectivity index (χ1v) is 13.9. The topological polar surface area (TPSA) is 103 Å². The maximum Gasteiger partial charge on any atom is 0.320 e. The predicted octanol–water partition coefficient (Wildman–Crippen LogP) is 4.15. The first-order chi connectivity index (χ1) is 17.8. The van der Waals surface area contributed by atoms with Crippen molar-refractivity contribution in [3.8, 4) is 0 Å². The van der Waals surface area contributed by atoms with Crippen molar-refractivity contribution < 1.29 is 9.90 Å². The molecule has 3 rings (SSSR count). The Bertz CT molecular complexity index is 834. The van der Waals surface area contributed by atoms with E-state index >= 15 is 0 Å². The minimum absolute atomic E-state index is 0.385. The van der Waals surface area contributed by atoms with Gasteiger partial charge in [-0.15, -0.1) is 0 Å². The molecule has 7 heteroatoms. The third-order valence-electron chi connectivity index (χ3n) is 6.06. The Morgan fingerprint density at radius 3 is 1.92 bits per heavy atom. The molecule has 0 saturated carbocycles. The normalized spacial score (nSPS) is 13.4. The summed E-state index contributed by atoms with van der Waals surface area (Å²) in [5.41, 5.74) is 16.8. The number of carboxylic acid groups (broad SMARTS) is 1. The van der Waals surface area contributed by atoms with E-state index in [1.807, 2.05) is 12.1 Å². The third kappa shape index (κ3) is 14.8. The van der Waals surface area contributed by atoms with Crippen LogP contribution in [0.4, 0.5) is 5.69 Å². The molecule has 6 N–H and O–H groups in total. The summed E-state index contributed by atoms with van der Waals surface area (Å²) < 4.78 is 0. The van der Waals surface area contributed by atoms with E-state index in [-0.39, 0.29) is 0 Å². The highest BCUT2D eigenvalue weighted by molar-refractivity contribution is 5.73. The molecule has 1 saturated heterocycles. The Kier molecular flexibility index (Phi) is 17.3. The molecule has 1 aliphatic rings. The van der Waals surface area contributed by atoms with Crippen LogP contribution in [0.1, 0.15) is 64.2 Å². The van der Waals surface area contributed by atoms with Gasteiger partial charge in [0.2, 0.25) is 0 Å². The van der Waals surface area contributed by atoms with Gasteiger partial charge in [-0.2, -0.15) is 0 Å². The van der Waals surface area contributed by atoms with Crippen LogP contribution in [0.15, 0.2) is 48.5 Å². The molecule has 0 radical (unpaired) electrons. The van der Waals surface area contributed by atoms with Gasteiger partial charge in [-0.1, -0.05) is 71.0 Å². The van der Waals surface area contributed by atoms with Crippen LogP contribution in [0.5, 0.6) is 0 Å². The van der Waals surface area contributed by atoms with E-state index in [4.69, 9.17) is 10.8 Å². The first kappa shape index (κ1) is 32.6. The van der Waals surface area contributed by atoms with Crippen molar-refractivity contribution in [2.75, 3.05) is 37.6 Å². The van der Waals surface area contributed by atoms with Gasteiger partial charge in [0.15, 0.2) is 0 Å². The summed E-state index contributed by atoms with van der Waals surface area (Å²) in [6.45, 7) is 15.9. The molecule has 1 fully saturated rings. The van der Waals surface area contributed by atoms with E-state index in [1.54, 1.807) is 0 Å². The van der Waals surface area contributed by atoms with Crippen LogP contribution >= 0.6 is 0 Å². The Morgan fingerprint density at radius 1 is 0.892 bits per heavy atom. The molecule has 0 aromatic heterocycles. The maximum atomic E-state index is 10.6. The molecular formula is C30H51N5O2. The molecule has 1 aliphatic heterocycles. The summed E-state index contributed by atoms with van der Waals surface area (Å²) in [5.74, 6) is -0.950. The fourth-order valence-corrected chi connectivity index (χ4v) is 3.93. The number of carbonyl (C=O) groups is 1. The summed E-state index contributed by atoms with van der Waals surface area (Å²) in [6.07, 6.45) is 5.10. The molecule has 1 atom stereocenters. The highest BCUT2D eigenvalue weighted by Gasteiger charge is 2.14. The summed E-state index contributed by atoms with van der Waals surface area (Å²) in [4.78, 5) is 13.0. The van der Waals surface area contributed by atoms with Crippen LogP contribution < -0.4 is 26.8 Å². The number of hydrogen-bond donors (Lipinski definition) is 5. The van der Waals surface area contributed by atoms with Gasteiger partial charge in [0, 0.05) is 37.9 Å². The lowest BCUT2D eigenvalue weighted by molar-refractivity contribution is -0.138. The van der Waals surface area contributed by atoms with Crippen molar-refractivity contribution in [1.82, 2.24) is 16.2 Å². The number of nitrogens with two attached hydrogens (primary N) is 1. The van der Waals surface area contributed by atoms with Crippen molar-refractivity contribution in [2.45, 2.75) is 78.8 Å². The van der Waals surface area contributed by atoms with Gasteiger partial charge in [-0.25, -0.2) is 0 Å². The van der Waals surface area contributed by atoms with E-state index in [1.165, 1.54) is 29.7 Å². The zero-order chi connectivity index (χ0) is 27.5. The highest BCUT2D eigenvalue weighted by Crippen LogP contribution is 2.20. The molecule has 0 unspecified atom stereocenters. The third-order valence-corrected chi connectivity index (χ3v) is 6.06. The standard InChI is InChI=1S/C13H18N2O2.C12H20N2.C5H13N/c14-12(13(16)17)9-10-3-5-11(6-4-10)15-7-1-2-8-15;1-3-11-5-7-12(8-6-11)9-10-14-13-4-2;1-4-6-5(2)3/h3-6,12H,1-2,7-9,14H2,(H,16,17);5-8,13-14H,3-4,9-10H2,1-2H3;5-6H,4H2,1-3H3/t12-;;/m0../s1.